The van der Waals surface area contributed by atoms with E-state index in [1.165, 1.54) is 25.3 Å². The second kappa shape index (κ2) is 8.62. The summed E-state index contributed by atoms with van der Waals surface area (Å²) in [6.07, 6.45) is 2.98. The Morgan fingerprint density at radius 1 is 1.10 bits per heavy atom. The Bertz CT molecular complexity index is 1010. The van der Waals surface area contributed by atoms with Crippen LogP contribution in [0.15, 0.2) is 60.7 Å². The zero-order chi connectivity index (χ0) is 21.0. The number of carbonyl (C=O) groups is 3. The number of anilines is 1. The number of imide groups is 2. The standard InChI is InChI=1S/C21H17ClN2O5/c1-3-10-29-17-9-4-13(12-18(17)28-2)11-16-19(25)23-21(27)24(20(16)26)15-7-5-14(22)6-8-15/h3-9,11-12H,1,10H2,2H3,(H,23,25,27). The topological polar surface area (TPSA) is 84.9 Å². The number of nitrogens with one attached hydrogen (secondary N) is 1. The van der Waals surface area contributed by atoms with E-state index in [1.54, 1.807) is 36.4 Å². The molecule has 2 aromatic rings. The predicted octanol–water partition coefficient (Wildman–Crippen LogP) is 3.58. The van der Waals surface area contributed by atoms with Crippen molar-refractivity contribution in [1.82, 2.24) is 5.32 Å². The molecule has 4 amide bonds. The number of carbonyl (C=O) groups excluding carboxylic acids is 3. The van der Waals surface area contributed by atoms with Gasteiger partial charge in [0.05, 0.1) is 12.8 Å². The molecule has 0 saturated carbocycles. The summed E-state index contributed by atoms with van der Waals surface area (Å²) in [5.41, 5.74) is 0.624. The number of methoxy groups -OCH3 is 1. The molecule has 0 aromatic heterocycles. The number of barbiturate groups is 1. The number of hydrogen-bond donors (Lipinski definition) is 1. The number of benzene rings is 2. The molecule has 0 spiro atoms. The molecule has 29 heavy (non-hydrogen) atoms. The molecular weight excluding hydrogens is 396 g/mol. The lowest BCUT2D eigenvalue weighted by atomic mass is 10.1. The highest BCUT2D eigenvalue weighted by Crippen LogP contribution is 2.30. The average molecular weight is 413 g/mol. The fourth-order valence-corrected chi connectivity index (χ4v) is 2.82. The van der Waals surface area contributed by atoms with Gasteiger partial charge in [0.1, 0.15) is 12.2 Å². The third kappa shape index (κ3) is 4.30. The van der Waals surface area contributed by atoms with Gasteiger partial charge in [-0.1, -0.05) is 30.3 Å². The highest BCUT2D eigenvalue weighted by atomic mass is 35.5. The molecule has 8 heteroatoms. The summed E-state index contributed by atoms with van der Waals surface area (Å²) in [6.45, 7) is 3.89. The van der Waals surface area contributed by atoms with E-state index < -0.39 is 17.8 Å². The third-order valence-electron chi connectivity index (χ3n) is 4.04. The largest absolute Gasteiger partial charge is 0.493 e. The van der Waals surface area contributed by atoms with Crippen molar-refractivity contribution in [1.29, 1.82) is 0 Å². The normalized spacial score (nSPS) is 15.3. The minimum atomic E-state index is -0.828. The van der Waals surface area contributed by atoms with Crippen LogP contribution in [0, 0.1) is 0 Å². The smallest absolute Gasteiger partial charge is 0.335 e. The van der Waals surface area contributed by atoms with Gasteiger partial charge in [0.2, 0.25) is 0 Å². The van der Waals surface area contributed by atoms with Crippen molar-refractivity contribution in [3.63, 3.8) is 0 Å². The molecule has 7 nitrogen and oxygen atoms in total. The van der Waals surface area contributed by atoms with E-state index >= 15 is 0 Å². The zero-order valence-corrected chi connectivity index (χ0v) is 16.2. The minimum Gasteiger partial charge on any atom is -0.493 e. The quantitative estimate of drug-likeness (QED) is 0.445. The van der Waals surface area contributed by atoms with Gasteiger partial charge in [-0.15, -0.1) is 0 Å². The van der Waals surface area contributed by atoms with Crippen LogP contribution in [-0.2, 0) is 9.59 Å². The van der Waals surface area contributed by atoms with Gasteiger partial charge >= 0.3 is 6.03 Å². The van der Waals surface area contributed by atoms with Crippen LogP contribution in [0.25, 0.3) is 6.08 Å². The van der Waals surface area contributed by atoms with Gasteiger partial charge < -0.3 is 9.47 Å². The maximum atomic E-state index is 12.9. The fraction of sp³-hybridized carbons (Fsp3) is 0.0952. The second-order valence-electron chi connectivity index (χ2n) is 5.94. The van der Waals surface area contributed by atoms with E-state index in [0.717, 1.165) is 4.90 Å². The SMILES string of the molecule is C=CCOc1ccc(C=C2C(=O)NC(=O)N(c3ccc(Cl)cc3)C2=O)cc1OC. The molecule has 3 rings (SSSR count). The van der Waals surface area contributed by atoms with Crippen LogP contribution in [0.3, 0.4) is 0 Å². The summed E-state index contributed by atoms with van der Waals surface area (Å²) in [5.74, 6) is -0.606. The number of urea groups is 1. The maximum absolute atomic E-state index is 12.9. The summed E-state index contributed by atoms with van der Waals surface area (Å²) in [5, 5.41) is 2.62. The monoisotopic (exact) mass is 412 g/mol. The van der Waals surface area contributed by atoms with E-state index in [4.69, 9.17) is 21.1 Å². The second-order valence-corrected chi connectivity index (χ2v) is 6.38. The molecule has 1 fully saturated rings. The first-order chi connectivity index (χ1) is 13.9. The fourth-order valence-electron chi connectivity index (χ4n) is 2.69. The molecule has 0 radical (unpaired) electrons. The van der Waals surface area contributed by atoms with Gasteiger partial charge in [-0.05, 0) is 48.0 Å². The molecule has 2 aromatic carbocycles. The summed E-state index contributed by atoms with van der Waals surface area (Å²) in [4.78, 5) is 38.2. The third-order valence-corrected chi connectivity index (χ3v) is 4.29. The van der Waals surface area contributed by atoms with Crippen molar-refractivity contribution in [2.24, 2.45) is 0 Å². The Labute approximate surface area is 172 Å². The molecule has 0 bridgehead atoms. The number of halogens is 1. The highest BCUT2D eigenvalue weighted by Gasteiger charge is 2.36. The molecule has 148 valence electrons. The van der Waals surface area contributed by atoms with E-state index in [-0.39, 0.29) is 5.57 Å². The molecule has 1 heterocycles. The zero-order valence-electron chi connectivity index (χ0n) is 15.5. The van der Waals surface area contributed by atoms with Crippen LogP contribution in [0.1, 0.15) is 5.56 Å². The van der Waals surface area contributed by atoms with Crippen LogP contribution in [0.5, 0.6) is 11.5 Å². The Morgan fingerprint density at radius 2 is 1.83 bits per heavy atom. The van der Waals surface area contributed by atoms with Gasteiger partial charge in [0.15, 0.2) is 11.5 Å². The molecule has 0 atom stereocenters. The first kappa shape index (κ1) is 20.2. The number of nitrogens with zero attached hydrogens (tertiary/aromatic N) is 1. The lowest BCUT2D eigenvalue weighted by Gasteiger charge is -2.26. The first-order valence-electron chi connectivity index (χ1n) is 8.53. The number of ether oxygens (including phenoxy) is 2. The van der Waals surface area contributed by atoms with E-state index in [0.29, 0.717) is 34.4 Å². The Kier molecular flexibility index (Phi) is 5.99. The van der Waals surface area contributed by atoms with Crippen molar-refractivity contribution in [3.05, 3.63) is 71.3 Å². The Hall–Kier alpha value is -3.58. The lowest BCUT2D eigenvalue weighted by molar-refractivity contribution is -0.122. The van der Waals surface area contributed by atoms with E-state index in [2.05, 4.69) is 11.9 Å². The van der Waals surface area contributed by atoms with Crippen LogP contribution >= 0.6 is 11.6 Å². The molecule has 0 unspecified atom stereocenters. The molecule has 1 saturated heterocycles. The minimum absolute atomic E-state index is 0.193. The maximum Gasteiger partial charge on any atom is 0.335 e. The predicted molar refractivity (Wildman–Crippen MR) is 109 cm³/mol. The molecule has 1 N–H and O–H groups in total. The van der Waals surface area contributed by atoms with Crippen LogP contribution in [0.2, 0.25) is 5.02 Å². The van der Waals surface area contributed by atoms with Gasteiger partial charge in [-0.25, -0.2) is 9.69 Å². The van der Waals surface area contributed by atoms with Gasteiger partial charge in [0, 0.05) is 5.02 Å². The van der Waals surface area contributed by atoms with Gasteiger partial charge in [-0.2, -0.15) is 0 Å². The van der Waals surface area contributed by atoms with Crippen LogP contribution < -0.4 is 19.7 Å². The molecule has 0 aliphatic carbocycles. The van der Waals surface area contributed by atoms with Crippen molar-refractivity contribution in [2.45, 2.75) is 0 Å². The lowest BCUT2D eigenvalue weighted by Crippen LogP contribution is -2.54. The van der Waals surface area contributed by atoms with Crippen molar-refractivity contribution in [3.8, 4) is 11.5 Å². The Balaban J connectivity index is 1.96. The molecular formula is C21H17ClN2O5. The Morgan fingerprint density at radius 3 is 2.48 bits per heavy atom. The van der Waals surface area contributed by atoms with Crippen LogP contribution in [-0.4, -0.2) is 31.6 Å². The summed E-state index contributed by atoms with van der Waals surface area (Å²) in [6, 6.07) is 10.2. The number of rotatable bonds is 6. The van der Waals surface area contributed by atoms with Crippen molar-refractivity contribution >= 4 is 41.2 Å². The van der Waals surface area contributed by atoms with Crippen molar-refractivity contribution < 1.29 is 23.9 Å². The molecule has 1 aliphatic rings. The first-order valence-corrected chi connectivity index (χ1v) is 8.91. The number of hydrogen-bond acceptors (Lipinski definition) is 5. The average Bonchev–Trinajstić information content (AvgIpc) is 2.71. The van der Waals surface area contributed by atoms with Crippen molar-refractivity contribution in [2.75, 3.05) is 18.6 Å². The van der Waals surface area contributed by atoms with Gasteiger partial charge in [0.25, 0.3) is 11.8 Å². The summed E-state index contributed by atoms with van der Waals surface area (Å²) < 4.78 is 10.8. The van der Waals surface area contributed by atoms with E-state index in [9.17, 15) is 14.4 Å². The van der Waals surface area contributed by atoms with E-state index in [1.807, 2.05) is 0 Å². The van der Waals surface area contributed by atoms with Gasteiger partial charge in [-0.3, -0.25) is 14.9 Å². The summed E-state index contributed by atoms with van der Waals surface area (Å²) in [7, 11) is 1.48. The highest BCUT2D eigenvalue weighted by molar-refractivity contribution is 6.39. The number of amides is 4. The molecule has 1 aliphatic heterocycles. The summed E-state index contributed by atoms with van der Waals surface area (Å²) >= 11 is 5.86. The van der Waals surface area contributed by atoms with Crippen LogP contribution in [0.4, 0.5) is 10.5 Å².